The van der Waals surface area contributed by atoms with E-state index in [4.69, 9.17) is 16.3 Å². The quantitative estimate of drug-likeness (QED) is 0.472. The van der Waals surface area contributed by atoms with E-state index in [0.29, 0.717) is 24.4 Å². The molecule has 1 aromatic heterocycles. The number of likely N-dealkylation sites (tertiary alicyclic amines) is 1. The third-order valence-electron chi connectivity index (χ3n) is 5.55. The van der Waals surface area contributed by atoms with Crippen molar-refractivity contribution < 1.29 is 17.9 Å². The Bertz CT molecular complexity index is 1230. The summed E-state index contributed by atoms with van der Waals surface area (Å²) >= 11 is 7.13. The summed E-state index contributed by atoms with van der Waals surface area (Å²) in [7, 11) is -3.53. The van der Waals surface area contributed by atoms with E-state index in [1.807, 2.05) is 43.0 Å². The summed E-state index contributed by atoms with van der Waals surface area (Å²) in [5, 5.41) is 1.92. The number of benzene rings is 2. The zero-order valence-electron chi connectivity index (χ0n) is 17.9. The van der Waals surface area contributed by atoms with E-state index < -0.39 is 9.84 Å². The number of halogens is 1. The van der Waals surface area contributed by atoms with Gasteiger partial charge in [0.1, 0.15) is 16.1 Å². The predicted molar refractivity (Wildman–Crippen MR) is 128 cm³/mol. The molecule has 4 rings (SSSR count). The van der Waals surface area contributed by atoms with Crippen LogP contribution in [-0.2, 0) is 15.6 Å². The van der Waals surface area contributed by atoms with Gasteiger partial charge in [0, 0.05) is 18.5 Å². The highest BCUT2D eigenvalue weighted by Gasteiger charge is 2.30. The number of ether oxygens (including phenoxy) is 1. The van der Waals surface area contributed by atoms with Gasteiger partial charge in [-0.15, -0.1) is 11.3 Å². The zero-order chi connectivity index (χ0) is 22.9. The van der Waals surface area contributed by atoms with Crippen LogP contribution in [-0.4, -0.2) is 38.4 Å². The van der Waals surface area contributed by atoms with Gasteiger partial charge in [0.2, 0.25) is 0 Å². The summed E-state index contributed by atoms with van der Waals surface area (Å²) in [6, 6.07) is 14.5. The molecule has 0 saturated carbocycles. The normalized spacial score (nSPS) is 16.3. The van der Waals surface area contributed by atoms with E-state index in [1.165, 1.54) is 0 Å². The highest BCUT2D eigenvalue weighted by molar-refractivity contribution is 7.92. The van der Waals surface area contributed by atoms with Crippen molar-refractivity contribution in [2.45, 2.75) is 36.3 Å². The number of sulfone groups is 1. The molecule has 0 aliphatic carbocycles. The SMILES string of the molecule is Cc1cccc(C)c1C(=O)N1CC[C@H](Oc2cccc(CS(=O)(=O)c3sccc3Cl)c2)C1. The molecular formula is C24H24ClNO4S2. The van der Waals surface area contributed by atoms with Crippen molar-refractivity contribution in [1.29, 1.82) is 0 Å². The number of hydrogen-bond donors (Lipinski definition) is 0. The van der Waals surface area contributed by atoms with Gasteiger partial charge in [-0.3, -0.25) is 4.79 Å². The van der Waals surface area contributed by atoms with Crippen molar-refractivity contribution in [1.82, 2.24) is 4.90 Å². The predicted octanol–water partition coefficient (Wildman–Crippen LogP) is 5.29. The van der Waals surface area contributed by atoms with E-state index in [-0.39, 0.29) is 27.0 Å². The van der Waals surface area contributed by atoms with Crippen LogP contribution in [0.3, 0.4) is 0 Å². The van der Waals surface area contributed by atoms with Crippen molar-refractivity contribution in [3.8, 4) is 5.75 Å². The van der Waals surface area contributed by atoms with E-state index in [9.17, 15) is 13.2 Å². The Labute approximate surface area is 197 Å². The second-order valence-electron chi connectivity index (χ2n) is 8.01. The summed E-state index contributed by atoms with van der Waals surface area (Å²) in [6.45, 7) is 5.03. The number of carbonyl (C=O) groups excluding carboxylic acids is 1. The Kier molecular flexibility index (Phi) is 6.60. The lowest BCUT2D eigenvalue weighted by Crippen LogP contribution is -2.31. The van der Waals surface area contributed by atoms with E-state index in [2.05, 4.69) is 0 Å². The first-order valence-corrected chi connectivity index (χ1v) is 13.2. The fraction of sp³-hybridized carbons (Fsp3) is 0.292. The number of thiophene rings is 1. The maximum Gasteiger partial charge on any atom is 0.254 e. The first kappa shape index (κ1) is 22.8. The topological polar surface area (TPSA) is 63.7 Å². The largest absolute Gasteiger partial charge is 0.489 e. The molecular weight excluding hydrogens is 466 g/mol. The van der Waals surface area contributed by atoms with Crippen molar-refractivity contribution in [3.05, 3.63) is 81.2 Å². The molecule has 5 nitrogen and oxygen atoms in total. The lowest BCUT2D eigenvalue weighted by molar-refractivity contribution is 0.0771. The number of aryl methyl sites for hydroxylation is 2. The minimum absolute atomic E-state index is 0.0272. The molecule has 0 N–H and O–H groups in total. The first-order valence-electron chi connectivity index (χ1n) is 10.3. The number of hydrogen-bond acceptors (Lipinski definition) is 5. The second kappa shape index (κ2) is 9.25. The van der Waals surface area contributed by atoms with Gasteiger partial charge in [-0.1, -0.05) is 41.9 Å². The van der Waals surface area contributed by atoms with Crippen molar-refractivity contribution in [2.75, 3.05) is 13.1 Å². The first-order chi connectivity index (χ1) is 15.2. The van der Waals surface area contributed by atoms with Crippen LogP contribution in [0, 0.1) is 13.8 Å². The molecule has 1 saturated heterocycles. The van der Waals surface area contributed by atoms with Crippen LogP contribution < -0.4 is 4.74 Å². The highest BCUT2D eigenvalue weighted by Crippen LogP contribution is 2.31. The average Bonchev–Trinajstić information content (AvgIpc) is 3.37. The molecule has 2 aromatic carbocycles. The van der Waals surface area contributed by atoms with Gasteiger partial charge in [-0.2, -0.15) is 0 Å². The Morgan fingerprint density at radius 2 is 1.88 bits per heavy atom. The summed E-state index contributed by atoms with van der Waals surface area (Å²) in [6.07, 6.45) is 0.589. The van der Waals surface area contributed by atoms with Gasteiger partial charge in [-0.25, -0.2) is 8.42 Å². The summed E-state index contributed by atoms with van der Waals surface area (Å²) in [4.78, 5) is 14.9. The monoisotopic (exact) mass is 489 g/mol. The Balaban J connectivity index is 1.43. The molecule has 0 bridgehead atoms. The molecule has 0 spiro atoms. The molecule has 0 unspecified atom stereocenters. The Morgan fingerprint density at radius 3 is 2.56 bits per heavy atom. The molecule has 2 heterocycles. The number of amides is 1. The van der Waals surface area contributed by atoms with E-state index in [1.54, 1.807) is 29.6 Å². The number of nitrogens with zero attached hydrogens (tertiary/aromatic N) is 1. The Hall–Kier alpha value is -2.35. The molecule has 1 fully saturated rings. The Morgan fingerprint density at radius 1 is 1.16 bits per heavy atom. The standard InChI is InChI=1S/C24H24ClNO4S2/c1-16-5-3-6-17(2)22(16)23(27)26-11-9-20(14-26)30-19-8-4-7-18(13-19)15-32(28,29)24-21(25)10-12-31-24/h3-8,10,12-13,20H,9,11,14-15H2,1-2H3/t20-/m0/s1. The summed E-state index contributed by atoms with van der Waals surface area (Å²) in [5.74, 6) is 0.479. The third kappa shape index (κ3) is 4.85. The van der Waals surface area contributed by atoms with Crippen molar-refractivity contribution >= 4 is 38.7 Å². The average molecular weight is 490 g/mol. The lowest BCUT2D eigenvalue weighted by Gasteiger charge is -2.19. The van der Waals surface area contributed by atoms with Crippen LogP contribution in [0.5, 0.6) is 5.75 Å². The van der Waals surface area contributed by atoms with Crippen LogP contribution in [0.2, 0.25) is 5.02 Å². The summed E-state index contributed by atoms with van der Waals surface area (Å²) in [5.41, 5.74) is 3.33. The van der Waals surface area contributed by atoms with Gasteiger partial charge < -0.3 is 9.64 Å². The molecule has 3 aromatic rings. The van der Waals surface area contributed by atoms with Gasteiger partial charge in [-0.05, 0) is 54.1 Å². The highest BCUT2D eigenvalue weighted by atomic mass is 35.5. The minimum Gasteiger partial charge on any atom is -0.489 e. The smallest absolute Gasteiger partial charge is 0.254 e. The van der Waals surface area contributed by atoms with Crippen molar-refractivity contribution in [2.24, 2.45) is 0 Å². The number of rotatable bonds is 6. The van der Waals surface area contributed by atoms with E-state index >= 15 is 0 Å². The molecule has 32 heavy (non-hydrogen) atoms. The molecule has 1 amide bonds. The maximum absolute atomic E-state index is 13.0. The maximum atomic E-state index is 13.0. The molecule has 8 heteroatoms. The fourth-order valence-electron chi connectivity index (χ4n) is 4.01. The van der Waals surface area contributed by atoms with E-state index in [0.717, 1.165) is 34.4 Å². The van der Waals surface area contributed by atoms with Crippen LogP contribution in [0.4, 0.5) is 0 Å². The van der Waals surface area contributed by atoms with Gasteiger partial charge in [0.25, 0.3) is 5.91 Å². The fourth-order valence-corrected chi connectivity index (χ4v) is 7.18. The molecule has 168 valence electrons. The van der Waals surface area contributed by atoms with Crippen LogP contribution in [0.15, 0.2) is 58.1 Å². The van der Waals surface area contributed by atoms with Gasteiger partial charge in [0.05, 0.1) is 17.3 Å². The lowest BCUT2D eigenvalue weighted by atomic mass is 10.0. The second-order valence-corrected chi connectivity index (χ2v) is 11.5. The molecule has 1 aliphatic heterocycles. The van der Waals surface area contributed by atoms with Gasteiger partial charge in [0.15, 0.2) is 9.84 Å². The van der Waals surface area contributed by atoms with Gasteiger partial charge >= 0.3 is 0 Å². The molecule has 0 radical (unpaired) electrons. The van der Waals surface area contributed by atoms with Crippen LogP contribution in [0.1, 0.15) is 33.5 Å². The molecule has 1 atom stereocenters. The van der Waals surface area contributed by atoms with Crippen LogP contribution in [0.25, 0.3) is 0 Å². The summed E-state index contributed by atoms with van der Waals surface area (Å²) < 4.78 is 31.7. The third-order valence-corrected chi connectivity index (χ3v) is 9.35. The minimum atomic E-state index is -3.53. The zero-order valence-corrected chi connectivity index (χ0v) is 20.3. The molecule has 1 aliphatic rings. The number of carbonyl (C=O) groups is 1. The van der Waals surface area contributed by atoms with Crippen molar-refractivity contribution in [3.63, 3.8) is 0 Å². The van der Waals surface area contributed by atoms with Crippen LogP contribution >= 0.6 is 22.9 Å².